The Labute approximate surface area is 96.3 Å². The summed E-state index contributed by atoms with van der Waals surface area (Å²) in [5.74, 6) is 1.06. The van der Waals surface area contributed by atoms with Crippen LogP contribution in [0.1, 0.15) is 12.0 Å². The van der Waals surface area contributed by atoms with Gasteiger partial charge < -0.3 is 15.3 Å². The van der Waals surface area contributed by atoms with E-state index in [1.54, 1.807) is 0 Å². The summed E-state index contributed by atoms with van der Waals surface area (Å²) < 4.78 is 0. The predicted octanol–water partition coefficient (Wildman–Crippen LogP) is 0.416. The molecule has 4 heteroatoms. The van der Waals surface area contributed by atoms with Crippen molar-refractivity contribution < 1.29 is 5.11 Å². The number of aryl methyl sites for hydroxylation is 1. The van der Waals surface area contributed by atoms with E-state index in [2.05, 4.69) is 27.3 Å². The zero-order valence-electron chi connectivity index (χ0n) is 9.52. The topological polar surface area (TPSA) is 48.4 Å². The maximum absolute atomic E-state index is 8.75. The van der Waals surface area contributed by atoms with Crippen molar-refractivity contribution in [3.63, 3.8) is 0 Å². The van der Waals surface area contributed by atoms with Crippen molar-refractivity contribution in [2.45, 2.75) is 12.8 Å². The number of aliphatic hydroxyl groups is 1. The summed E-state index contributed by atoms with van der Waals surface area (Å²) in [6.45, 7) is 4.38. The average Bonchev–Trinajstić information content (AvgIpc) is 2.38. The second kappa shape index (κ2) is 5.82. The van der Waals surface area contributed by atoms with Gasteiger partial charge in [-0.3, -0.25) is 0 Å². The zero-order valence-corrected chi connectivity index (χ0v) is 9.52. The van der Waals surface area contributed by atoms with Crippen LogP contribution in [0.25, 0.3) is 0 Å². The third-order valence-electron chi connectivity index (χ3n) is 2.87. The van der Waals surface area contributed by atoms with Crippen molar-refractivity contribution >= 4 is 5.82 Å². The lowest BCUT2D eigenvalue weighted by molar-refractivity contribution is 0.288. The van der Waals surface area contributed by atoms with E-state index in [1.165, 1.54) is 5.56 Å². The smallest absolute Gasteiger partial charge is 0.128 e. The molecule has 0 amide bonds. The van der Waals surface area contributed by atoms with Gasteiger partial charge in [0.1, 0.15) is 5.82 Å². The van der Waals surface area contributed by atoms with Crippen LogP contribution in [0.4, 0.5) is 5.82 Å². The number of nitrogens with one attached hydrogen (secondary N) is 1. The number of nitrogens with zero attached hydrogens (tertiary/aromatic N) is 2. The number of aromatic nitrogens is 1. The second-order valence-electron chi connectivity index (χ2n) is 4.09. The van der Waals surface area contributed by atoms with Crippen molar-refractivity contribution in [1.29, 1.82) is 0 Å². The molecule has 0 saturated carbocycles. The molecular weight excluding hydrogens is 202 g/mol. The van der Waals surface area contributed by atoms with E-state index >= 15 is 0 Å². The molecule has 16 heavy (non-hydrogen) atoms. The summed E-state index contributed by atoms with van der Waals surface area (Å²) in [6, 6.07) is 4.19. The van der Waals surface area contributed by atoms with Crippen molar-refractivity contribution in [3.05, 3.63) is 23.9 Å². The van der Waals surface area contributed by atoms with E-state index in [4.69, 9.17) is 5.11 Å². The zero-order chi connectivity index (χ0) is 11.2. The number of hydrogen-bond donors (Lipinski definition) is 2. The molecule has 2 rings (SSSR count). The van der Waals surface area contributed by atoms with Gasteiger partial charge in [-0.1, -0.05) is 6.07 Å². The third-order valence-corrected chi connectivity index (χ3v) is 2.87. The highest BCUT2D eigenvalue weighted by Gasteiger charge is 2.10. The fourth-order valence-electron chi connectivity index (χ4n) is 1.93. The first kappa shape index (κ1) is 11.4. The molecule has 0 atom stereocenters. The quantitative estimate of drug-likeness (QED) is 0.773. The minimum absolute atomic E-state index is 0.250. The predicted molar refractivity (Wildman–Crippen MR) is 64.7 cm³/mol. The maximum Gasteiger partial charge on any atom is 0.128 e. The fraction of sp³-hybridized carbons (Fsp3) is 0.583. The molecule has 0 spiro atoms. The van der Waals surface area contributed by atoms with Gasteiger partial charge >= 0.3 is 0 Å². The van der Waals surface area contributed by atoms with Gasteiger partial charge in [-0.25, -0.2) is 4.98 Å². The number of pyridine rings is 1. The summed E-state index contributed by atoms with van der Waals surface area (Å²) in [6.07, 6.45) is 3.65. The molecule has 0 radical (unpaired) electrons. The van der Waals surface area contributed by atoms with Crippen LogP contribution in [0.3, 0.4) is 0 Å². The molecule has 0 unspecified atom stereocenters. The van der Waals surface area contributed by atoms with Crippen molar-refractivity contribution in [2.24, 2.45) is 0 Å². The van der Waals surface area contributed by atoms with Gasteiger partial charge in [0, 0.05) is 39.0 Å². The standard InChI is InChI=1S/C12H19N3O/c16-9-1-2-11-3-4-12(14-10-11)15-7-5-13-6-8-15/h3-4,10,13,16H,1-2,5-9H2. The minimum atomic E-state index is 0.250. The van der Waals surface area contributed by atoms with Gasteiger partial charge in [-0.15, -0.1) is 0 Å². The van der Waals surface area contributed by atoms with Crippen LogP contribution < -0.4 is 10.2 Å². The maximum atomic E-state index is 8.75. The Kier molecular flexibility index (Phi) is 4.13. The SMILES string of the molecule is OCCCc1ccc(N2CCNCC2)nc1. The summed E-state index contributed by atoms with van der Waals surface area (Å²) in [5, 5.41) is 12.1. The first-order chi connectivity index (χ1) is 7.90. The number of hydrogen-bond acceptors (Lipinski definition) is 4. The van der Waals surface area contributed by atoms with E-state index in [0.29, 0.717) is 0 Å². The monoisotopic (exact) mass is 221 g/mol. The van der Waals surface area contributed by atoms with Gasteiger partial charge in [-0.2, -0.15) is 0 Å². The van der Waals surface area contributed by atoms with Crippen LogP contribution in [0.5, 0.6) is 0 Å². The number of rotatable bonds is 4. The number of aliphatic hydroxyl groups excluding tert-OH is 1. The normalized spacial score (nSPS) is 16.4. The first-order valence-electron chi connectivity index (χ1n) is 5.91. The third kappa shape index (κ3) is 2.93. The van der Waals surface area contributed by atoms with Crippen LogP contribution in [-0.4, -0.2) is 42.9 Å². The highest BCUT2D eigenvalue weighted by molar-refractivity contribution is 5.39. The molecule has 2 N–H and O–H groups in total. The lowest BCUT2D eigenvalue weighted by atomic mass is 10.1. The van der Waals surface area contributed by atoms with Crippen LogP contribution in [0, 0.1) is 0 Å². The molecule has 1 aliphatic rings. The Morgan fingerprint density at radius 1 is 1.31 bits per heavy atom. The van der Waals surface area contributed by atoms with E-state index < -0.39 is 0 Å². The average molecular weight is 221 g/mol. The Balaban J connectivity index is 1.95. The van der Waals surface area contributed by atoms with Crippen LogP contribution >= 0.6 is 0 Å². The lowest BCUT2D eigenvalue weighted by Gasteiger charge is -2.28. The molecule has 0 aromatic carbocycles. The van der Waals surface area contributed by atoms with E-state index in [-0.39, 0.29) is 6.61 Å². The van der Waals surface area contributed by atoms with Crippen molar-refractivity contribution in [1.82, 2.24) is 10.3 Å². The summed E-state index contributed by atoms with van der Waals surface area (Å²) in [5.41, 5.74) is 1.20. The molecule has 4 nitrogen and oxygen atoms in total. The van der Waals surface area contributed by atoms with E-state index in [9.17, 15) is 0 Å². The molecule has 1 fully saturated rings. The van der Waals surface area contributed by atoms with Gasteiger partial charge in [0.15, 0.2) is 0 Å². The molecule has 1 aromatic heterocycles. The van der Waals surface area contributed by atoms with Gasteiger partial charge in [0.05, 0.1) is 0 Å². The molecule has 1 aromatic rings. The first-order valence-corrected chi connectivity index (χ1v) is 5.91. The highest BCUT2D eigenvalue weighted by atomic mass is 16.2. The number of piperazine rings is 1. The Hall–Kier alpha value is -1.13. The molecule has 88 valence electrons. The fourth-order valence-corrected chi connectivity index (χ4v) is 1.93. The van der Waals surface area contributed by atoms with Crippen LogP contribution in [0.15, 0.2) is 18.3 Å². The van der Waals surface area contributed by atoms with Gasteiger partial charge in [-0.05, 0) is 24.5 Å². The summed E-state index contributed by atoms with van der Waals surface area (Å²) in [4.78, 5) is 6.77. The highest BCUT2D eigenvalue weighted by Crippen LogP contribution is 2.12. The van der Waals surface area contributed by atoms with E-state index in [0.717, 1.165) is 44.8 Å². The molecule has 2 heterocycles. The summed E-state index contributed by atoms with van der Waals surface area (Å²) in [7, 11) is 0. The molecule has 1 saturated heterocycles. The van der Waals surface area contributed by atoms with E-state index in [1.807, 2.05) is 6.20 Å². The summed E-state index contributed by atoms with van der Waals surface area (Å²) >= 11 is 0. The lowest BCUT2D eigenvalue weighted by Crippen LogP contribution is -2.43. The molecule has 1 aliphatic heterocycles. The molecule has 0 bridgehead atoms. The van der Waals surface area contributed by atoms with Crippen LogP contribution in [-0.2, 0) is 6.42 Å². The van der Waals surface area contributed by atoms with Crippen molar-refractivity contribution in [3.8, 4) is 0 Å². The largest absolute Gasteiger partial charge is 0.396 e. The Bertz CT molecular complexity index is 307. The van der Waals surface area contributed by atoms with Crippen LogP contribution in [0.2, 0.25) is 0 Å². The Morgan fingerprint density at radius 2 is 2.12 bits per heavy atom. The molecule has 0 aliphatic carbocycles. The van der Waals surface area contributed by atoms with Crippen molar-refractivity contribution in [2.75, 3.05) is 37.7 Å². The van der Waals surface area contributed by atoms with Gasteiger partial charge in [0.25, 0.3) is 0 Å². The molecular formula is C12H19N3O. The van der Waals surface area contributed by atoms with Gasteiger partial charge in [0.2, 0.25) is 0 Å². The number of anilines is 1. The second-order valence-corrected chi connectivity index (χ2v) is 4.09. The Morgan fingerprint density at radius 3 is 2.75 bits per heavy atom. The minimum Gasteiger partial charge on any atom is -0.396 e.